The van der Waals surface area contributed by atoms with Gasteiger partial charge in [-0.2, -0.15) is 0 Å². The van der Waals surface area contributed by atoms with Crippen molar-refractivity contribution in [3.05, 3.63) is 71.8 Å². The first-order chi connectivity index (χ1) is 8.70. The van der Waals surface area contributed by atoms with Gasteiger partial charge in [-0.1, -0.05) is 73.2 Å². The lowest BCUT2D eigenvalue weighted by atomic mass is 9.97. The number of rotatable bonds is 3. The molecule has 2 rings (SSSR count). The highest BCUT2D eigenvalue weighted by atomic mass is 14.1. The molecule has 0 aromatic heterocycles. The molecule has 1 atom stereocenters. The van der Waals surface area contributed by atoms with E-state index >= 15 is 0 Å². The lowest BCUT2D eigenvalue weighted by molar-refractivity contribution is 0.965. The zero-order valence-corrected chi connectivity index (χ0v) is 11.4. The first kappa shape index (κ1) is 12.6. The Hall–Kier alpha value is -1.82. The molecular formula is C18H20. The number of aryl methyl sites for hydroxylation is 1. The van der Waals surface area contributed by atoms with Gasteiger partial charge in [0.2, 0.25) is 0 Å². The Kier molecular flexibility index (Phi) is 3.99. The van der Waals surface area contributed by atoms with E-state index in [1.54, 1.807) is 0 Å². The first-order valence-corrected chi connectivity index (χ1v) is 6.50. The zero-order valence-electron chi connectivity index (χ0n) is 11.4. The van der Waals surface area contributed by atoms with E-state index in [0.29, 0.717) is 5.92 Å². The standard InChI is InChI=1S/C18H20/c1-4-5-15(3)16-10-12-18(13-11-16)17-8-6-14(2)7-9-17/h4-13,15H,1-3H3. The third kappa shape index (κ3) is 2.89. The van der Waals surface area contributed by atoms with Crippen LogP contribution in [0.3, 0.4) is 0 Å². The molecule has 0 N–H and O–H groups in total. The van der Waals surface area contributed by atoms with Crippen LogP contribution in [0, 0.1) is 6.92 Å². The van der Waals surface area contributed by atoms with Crippen LogP contribution in [-0.4, -0.2) is 0 Å². The molecule has 0 aliphatic carbocycles. The third-order valence-electron chi connectivity index (χ3n) is 3.30. The van der Waals surface area contributed by atoms with Crippen LogP contribution in [0.5, 0.6) is 0 Å². The minimum absolute atomic E-state index is 0.488. The molecule has 0 aliphatic heterocycles. The van der Waals surface area contributed by atoms with Crippen molar-refractivity contribution in [3.8, 4) is 11.1 Å². The average molecular weight is 236 g/mol. The van der Waals surface area contributed by atoms with Crippen molar-refractivity contribution in [2.24, 2.45) is 0 Å². The second kappa shape index (κ2) is 5.68. The summed E-state index contributed by atoms with van der Waals surface area (Å²) in [4.78, 5) is 0. The molecule has 0 saturated heterocycles. The summed E-state index contributed by atoms with van der Waals surface area (Å²) in [5, 5.41) is 0. The molecule has 2 aromatic rings. The molecule has 0 saturated carbocycles. The van der Waals surface area contributed by atoms with Crippen LogP contribution >= 0.6 is 0 Å². The second-order valence-corrected chi connectivity index (χ2v) is 4.80. The molecule has 0 aliphatic rings. The Morgan fingerprint density at radius 3 is 1.83 bits per heavy atom. The van der Waals surface area contributed by atoms with Crippen LogP contribution in [0.2, 0.25) is 0 Å². The summed E-state index contributed by atoms with van der Waals surface area (Å²) in [5.74, 6) is 0.488. The second-order valence-electron chi connectivity index (χ2n) is 4.80. The smallest absolute Gasteiger partial charge is 0.00105 e. The van der Waals surface area contributed by atoms with Crippen LogP contribution in [0.1, 0.15) is 30.9 Å². The van der Waals surface area contributed by atoms with E-state index in [-0.39, 0.29) is 0 Å². The summed E-state index contributed by atoms with van der Waals surface area (Å²) < 4.78 is 0. The monoisotopic (exact) mass is 236 g/mol. The van der Waals surface area contributed by atoms with Crippen LogP contribution < -0.4 is 0 Å². The largest absolute Gasteiger partial charge is 0.0911 e. The minimum Gasteiger partial charge on any atom is -0.0911 e. The van der Waals surface area contributed by atoms with Crippen molar-refractivity contribution in [3.63, 3.8) is 0 Å². The molecule has 0 bridgehead atoms. The van der Waals surface area contributed by atoms with Crippen LogP contribution in [-0.2, 0) is 0 Å². The average Bonchev–Trinajstić information content (AvgIpc) is 2.40. The molecule has 1 unspecified atom stereocenters. The number of allylic oxidation sites excluding steroid dienone is 2. The Morgan fingerprint density at radius 2 is 1.33 bits per heavy atom. The number of benzene rings is 2. The topological polar surface area (TPSA) is 0 Å². The third-order valence-corrected chi connectivity index (χ3v) is 3.30. The summed E-state index contributed by atoms with van der Waals surface area (Å²) in [6.45, 7) is 6.41. The molecule has 0 heteroatoms. The van der Waals surface area contributed by atoms with Crippen LogP contribution in [0.4, 0.5) is 0 Å². The summed E-state index contributed by atoms with van der Waals surface area (Å²) in [5.41, 5.74) is 5.23. The van der Waals surface area contributed by atoms with Gasteiger partial charge in [0.25, 0.3) is 0 Å². The minimum atomic E-state index is 0.488. The van der Waals surface area contributed by atoms with Gasteiger partial charge in [-0.25, -0.2) is 0 Å². The van der Waals surface area contributed by atoms with Crippen molar-refractivity contribution < 1.29 is 0 Å². The number of hydrogen-bond acceptors (Lipinski definition) is 0. The van der Waals surface area contributed by atoms with Crippen molar-refractivity contribution in [2.75, 3.05) is 0 Å². The molecule has 0 amide bonds. The molecule has 0 heterocycles. The van der Waals surface area contributed by atoms with E-state index in [9.17, 15) is 0 Å². The van der Waals surface area contributed by atoms with Gasteiger partial charge >= 0.3 is 0 Å². The van der Waals surface area contributed by atoms with Gasteiger partial charge in [0.05, 0.1) is 0 Å². The normalized spacial score (nSPS) is 12.8. The van der Waals surface area contributed by atoms with E-state index in [2.05, 4.69) is 81.5 Å². The predicted molar refractivity (Wildman–Crippen MR) is 79.8 cm³/mol. The fourth-order valence-electron chi connectivity index (χ4n) is 2.12. The lowest BCUT2D eigenvalue weighted by Gasteiger charge is -2.08. The molecule has 0 radical (unpaired) electrons. The van der Waals surface area contributed by atoms with Crippen molar-refractivity contribution in [2.45, 2.75) is 26.7 Å². The molecule has 2 aromatic carbocycles. The fourth-order valence-corrected chi connectivity index (χ4v) is 2.12. The van der Waals surface area contributed by atoms with Gasteiger partial charge in [0.15, 0.2) is 0 Å². The molecule has 0 spiro atoms. The maximum Gasteiger partial charge on any atom is -0.00105 e. The quantitative estimate of drug-likeness (QED) is 0.631. The highest BCUT2D eigenvalue weighted by Crippen LogP contribution is 2.23. The Bertz CT molecular complexity index is 515. The van der Waals surface area contributed by atoms with Gasteiger partial charge in [0, 0.05) is 0 Å². The molecule has 92 valence electrons. The van der Waals surface area contributed by atoms with E-state index in [1.807, 2.05) is 0 Å². The first-order valence-electron chi connectivity index (χ1n) is 6.50. The zero-order chi connectivity index (χ0) is 13.0. The highest BCUT2D eigenvalue weighted by molar-refractivity contribution is 5.64. The maximum atomic E-state index is 2.22. The van der Waals surface area contributed by atoms with E-state index in [0.717, 1.165) is 0 Å². The van der Waals surface area contributed by atoms with Crippen molar-refractivity contribution in [1.82, 2.24) is 0 Å². The van der Waals surface area contributed by atoms with Gasteiger partial charge in [-0.3, -0.25) is 0 Å². The fraction of sp³-hybridized carbons (Fsp3) is 0.222. The van der Waals surface area contributed by atoms with Gasteiger partial charge in [-0.05, 0) is 36.5 Å². The summed E-state index contributed by atoms with van der Waals surface area (Å²) >= 11 is 0. The van der Waals surface area contributed by atoms with Gasteiger partial charge in [-0.15, -0.1) is 0 Å². The summed E-state index contributed by atoms with van der Waals surface area (Å²) in [6.07, 6.45) is 4.33. The van der Waals surface area contributed by atoms with Crippen molar-refractivity contribution in [1.29, 1.82) is 0 Å². The van der Waals surface area contributed by atoms with E-state index < -0.39 is 0 Å². The van der Waals surface area contributed by atoms with Crippen molar-refractivity contribution >= 4 is 0 Å². The molecule has 18 heavy (non-hydrogen) atoms. The van der Waals surface area contributed by atoms with Crippen LogP contribution in [0.15, 0.2) is 60.7 Å². The Morgan fingerprint density at radius 1 is 0.833 bits per heavy atom. The van der Waals surface area contributed by atoms with Gasteiger partial charge in [0.1, 0.15) is 0 Å². The summed E-state index contributed by atoms with van der Waals surface area (Å²) in [7, 11) is 0. The predicted octanol–water partition coefficient (Wildman–Crippen LogP) is 5.34. The Balaban J connectivity index is 2.24. The molecule has 0 nitrogen and oxygen atoms in total. The maximum absolute atomic E-state index is 2.22. The highest BCUT2D eigenvalue weighted by Gasteiger charge is 2.02. The Labute approximate surface area is 110 Å². The van der Waals surface area contributed by atoms with Gasteiger partial charge < -0.3 is 0 Å². The molecule has 0 fully saturated rings. The lowest BCUT2D eigenvalue weighted by Crippen LogP contribution is -1.88. The van der Waals surface area contributed by atoms with Crippen LogP contribution in [0.25, 0.3) is 11.1 Å². The molecular weight excluding hydrogens is 216 g/mol. The summed E-state index contributed by atoms with van der Waals surface area (Å²) in [6, 6.07) is 17.5. The van der Waals surface area contributed by atoms with E-state index in [1.165, 1.54) is 22.3 Å². The SMILES string of the molecule is CC=CC(C)c1ccc(-c2ccc(C)cc2)cc1. The van der Waals surface area contributed by atoms with E-state index in [4.69, 9.17) is 0 Å². The number of hydrogen-bond donors (Lipinski definition) is 0.